The number of aryl methyl sites for hydroxylation is 2. The first kappa shape index (κ1) is 36.0. The minimum absolute atomic E-state index is 0.234. The molecule has 0 saturated carbocycles. The number of aromatic nitrogens is 2. The zero-order valence-electron chi connectivity index (χ0n) is 23.9. The van der Waals surface area contributed by atoms with E-state index in [-0.39, 0.29) is 17.1 Å². The van der Waals surface area contributed by atoms with Crippen molar-refractivity contribution in [2.24, 2.45) is 5.73 Å². The summed E-state index contributed by atoms with van der Waals surface area (Å²) < 4.78 is 0. The lowest BCUT2D eigenvalue weighted by Crippen LogP contribution is -2.61. The van der Waals surface area contributed by atoms with Crippen LogP contribution in [0.25, 0.3) is 0 Å². The summed E-state index contributed by atoms with van der Waals surface area (Å²) in [6.45, 7) is 3.11. The van der Waals surface area contributed by atoms with Crippen LogP contribution in [0.3, 0.4) is 0 Å². The standard InChI is InChI=1S/C18H28N4O8.C8H11N3O/c1-19-14-6-3-5-13(11-14)8-9-20-15(23)12-21(2)16(24)7-4-10-22(17(25,26)27)18(28,29)30;1-3-6-5(2)10-4-7(11-6)8(9)12/h3-7,11,19,25-30H,8-10,12H2,1-2H3,(H,20,23);4H,3H2,1-2H3,(H2,9,12)/b7-4+;. The number of benzene rings is 1. The van der Waals surface area contributed by atoms with E-state index >= 15 is 0 Å². The van der Waals surface area contributed by atoms with Gasteiger partial charge in [-0.25, -0.2) is 4.98 Å². The Morgan fingerprint density at radius 3 is 2.29 bits per heavy atom. The average Bonchev–Trinajstić information content (AvgIpc) is 2.90. The summed E-state index contributed by atoms with van der Waals surface area (Å²) in [4.78, 5) is 43.4. The van der Waals surface area contributed by atoms with Gasteiger partial charge in [0.1, 0.15) is 5.69 Å². The molecule has 0 aliphatic heterocycles. The number of primary amides is 1. The Balaban J connectivity index is 0.000000609. The molecular formula is C26H39N7O9. The highest BCUT2D eigenvalue weighted by molar-refractivity contribution is 5.91. The number of nitrogens with two attached hydrogens (primary N) is 1. The molecule has 16 heteroatoms. The summed E-state index contributed by atoms with van der Waals surface area (Å²) in [6, 6.07) is 7.69. The van der Waals surface area contributed by atoms with Crippen LogP contribution in [0.15, 0.2) is 42.6 Å². The highest BCUT2D eigenvalue weighted by Gasteiger charge is 2.43. The lowest BCUT2D eigenvalue weighted by atomic mass is 10.1. The number of likely N-dealkylation sites (N-methyl/N-ethyl adjacent to an activating group) is 1. The van der Waals surface area contributed by atoms with Gasteiger partial charge in [-0.1, -0.05) is 25.1 Å². The fraction of sp³-hybridized carbons (Fsp3) is 0.423. The van der Waals surface area contributed by atoms with Gasteiger partial charge in [0.2, 0.25) is 11.8 Å². The molecular weight excluding hydrogens is 554 g/mol. The molecule has 0 bridgehead atoms. The number of aliphatic hydroxyl groups is 6. The Bertz CT molecular complexity index is 1210. The molecule has 232 valence electrons. The van der Waals surface area contributed by atoms with Gasteiger partial charge in [0.25, 0.3) is 5.91 Å². The molecule has 0 atom stereocenters. The Kier molecular flexibility index (Phi) is 14.1. The van der Waals surface area contributed by atoms with Gasteiger partial charge in [-0.3, -0.25) is 19.4 Å². The molecule has 42 heavy (non-hydrogen) atoms. The summed E-state index contributed by atoms with van der Waals surface area (Å²) in [6.07, 6.45) is -2.95. The fourth-order valence-corrected chi connectivity index (χ4v) is 3.35. The molecule has 3 amide bonds. The van der Waals surface area contributed by atoms with Gasteiger partial charge < -0.3 is 51.9 Å². The molecule has 0 aliphatic rings. The van der Waals surface area contributed by atoms with Crippen LogP contribution in [0.4, 0.5) is 5.69 Å². The summed E-state index contributed by atoms with van der Waals surface area (Å²) in [5.41, 5.74) is 8.94. The maximum atomic E-state index is 12.0. The van der Waals surface area contributed by atoms with E-state index in [0.717, 1.165) is 46.1 Å². The second-order valence-corrected chi connectivity index (χ2v) is 8.96. The first-order valence-electron chi connectivity index (χ1n) is 12.7. The summed E-state index contributed by atoms with van der Waals surface area (Å²) in [5.74, 6) is -1.59. The molecule has 16 nitrogen and oxygen atoms in total. The Hall–Kier alpha value is -4.03. The van der Waals surface area contributed by atoms with Gasteiger partial charge in [-0.15, -0.1) is 4.90 Å². The predicted octanol–water partition coefficient (Wildman–Crippen LogP) is -2.67. The molecule has 1 aromatic carbocycles. The molecule has 1 aromatic heterocycles. The highest BCUT2D eigenvalue weighted by atomic mass is 16.8. The van der Waals surface area contributed by atoms with Crippen LogP contribution in [0.5, 0.6) is 0 Å². The molecule has 0 saturated heterocycles. The number of rotatable bonds is 13. The van der Waals surface area contributed by atoms with Crippen molar-refractivity contribution in [1.29, 1.82) is 0 Å². The molecule has 0 spiro atoms. The molecule has 0 unspecified atom stereocenters. The Labute approximate surface area is 242 Å². The van der Waals surface area contributed by atoms with Gasteiger partial charge in [0.15, 0.2) is 0 Å². The first-order chi connectivity index (χ1) is 19.5. The maximum absolute atomic E-state index is 12.0. The van der Waals surface area contributed by atoms with Gasteiger partial charge in [-0.05, 0) is 37.5 Å². The van der Waals surface area contributed by atoms with Crippen molar-refractivity contribution in [3.8, 4) is 0 Å². The van der Waals surface area contributed by atoms with Crippen molar-refractivity contribution in [3.63, 3.8) is 0 Å². The zero-order valence-corrected chi connectivity index (χ0v) is 23.9. The van der Waals surface area contributed by atoms with E-state index in [0.29, 0.717) is 13.0 Å². The van der Waals surface area contributed by atoms with Crippen LogP contribution in [0.2, 0.25) is 0 Å². The van der Waals surface area contributed by atoms with E-state index in [1.165, 1.54) is 13.2 Å². The van der Waals surface area contributed by atoms with E-state index in [2.05, 4.69) is 20.6 Å². The number of hydrogen-bond donors (Lipinski definition) is 9. The second kappa shape index (κ2) is 16.4. The quantitative estimate of drug-likeness (QED) is 0.0849. The van der Waals surface area contributed by atoms with E-state index in [9.17, 15) is 14.4 Å². The number of anilines is 1. The number of carbonyl (C=O) groups excluding carboxylic acids is 3. The average molecular weight is 594 g/mol. The lowest BCUT2D eigenvalue weighted by molar-refractivity contribution is -0.507. The first-order valence-corrected chi connectivity index (χ1v) is 12.7. The highest BCUT2D eigenvalue weighted by Crippen LogP contribution is 2.13. The van der Waals surface area contributed by atoms with Crippen LogP contribution in [0, 0.1) is 6.92 Å². The molecule has 0 aliphatic carbocycles. The van der Waals surface area contributed by atoms with Crippen LogP contribution in [-0.4, -0.2) is 114 Å². The van der Waals surface area contributed by atoms with Crippen LogP contribution < -0.4 is 16.4 Å². The minimum atomic E-state index is -3.76. The third-order valence-corrected chi connectivity index (χ3v) is 5.62. The predicted molar refractivity (Wildman–Crippen MR) is 150 cm³/mol. The van der Waals surface area contributed by atoms with Gasteiger partial charge >= 0.3 is 12.2 Å². The van der Waals surface area contributed by atoms with Crippen molar-refractivity contribution in [1.82, 2.24) is 25.1 Å². The largest absolute Gasteiger partial charge is 0.388 e. The van der Waals surface area contributed by atoms with E-state index in [4.69, 9.17) is 36.4 Å². The van der Waals surface area contributed by atoms with Gasteiger partial charge in [0.05, 0.1) is 24.1 Å². The zero-order chi connectivity index (χ0) is 32.1. The van der Waals surface area contributed by atoms with E-state index < -0.39 is 36.5 Å². The number of hydrogen-bond acceptors (Lipinski definition) is 13. The molecule has 10 N–H and O–H groups in total. The topological polar surface area (TPSA) is 255 Å². The molecule has 0 fully saturated rings. The second-order valence-electron chi connectivity index (χ2n) is 8.96. The fourth-order valence-electron chi connectivity index (χ4n) is 3.35. The number of nitrogens with zero attached hydrogens (tertiary/aromatic N) is 4. The van der Waals surface area contributed by atoms with Crippen molar-refractivity contribution in [3.05, 3.63) is 65.3 Å². The smallest absolute Gasteiger partial charge is 0.352 e. The van der Waals surface area contributed by atoms with Crippen molar-refractivity contribution in [2.75, 3.05) is 39.0 Å². The minimum Gasteiger partial charge on any atom is -0.388 e. The van der Waals surface area contributed by atoms with Crippen molar-refractivity contribution >= 4 is 23.4 Å². The monoisotopic (exact) mass is 593 g/mol. The summed E-state index contributed by atoms with van der Waals surface area (Å²) in [7, 11) is 3.16. The summed E-state index contributed by atoms with van der Waals surface area (Å²) in [5, 5.41) is 59.5. The van der Waals surface area contributed by atoms with E-state index in [1.807, 2.05) is 38.1 Å². The van der Waals surface area contributed by atoms with E-state index in [1.54, 1.807) is 7.05 Å². The molecule has 2 rings (SSSR count). The number of amides is 3. The van der Waals surface area contributed by atoms with Gasteiger partial charge in [-0.2, -0.15) is 0 Å². The van der Waals surface area contributed by atoms with Crippen LogP contribution in [-0.2, 0) is 22.4 Å². The Morgan fingerprint density at radius 2 is 1.74 bits per heavy atom. The molecule has 2 aromatic rings. The summed E-state index contributed by atoms with van der Waals surface area (Å²) >= 11 is 0. The number of carbonyl (C=O) groups is 3. The normalized spacial score (nSPS) is 11.6. The SMILES string of the molecule is CCc1nc(C(N)=O)cnc1C.CNc1cccc(CCNC(=O)CN(C)C(=O)/C=C/CN(C(O)(O)O)C(O)(O)O)c1. The maximum Gasteiger partial charge on any atom is 0.352 e. The molecule has 0 radical (unpaired) electrons. The van der Waals surface area contributed by atoms with Gasteiger partial charge in [0, 0.05) is 38.9 Å². The third-order valence-electron chi connectivity index (χ3n) is 5.62. The third kappa shape index (κ3) is 12.6. The Morgan fingerprint density at radius 1 is 1.10 bits per heavy atom. The lowest BCUT2D eigenvalue weighted by Gasteiger charge is -2.34. The van der Waals surface area contributed by atoms with Crippen molar-refractivity contribution < 1.29 is 45.0 Å². The van der Waals surface area contributed by atoms with Crippen molar-refractivity contribution in [2.45, 2.75) is 38.9 Å². The number of nitrogens with one attached hydrogen (secondary N) is 2. The van der Waals surface area contributed by atoms with Crippen LogP contribution in [0.1, 0.15) is 34.4 Å². The molecule has 1 heterocycles. The van der Waals surface area contributed by atoms with Crippen LogP contribution >= 0.6 is 0 Å².